The Kier molecular flexibility index (Phi) is 3.19. The van der Waals surface area contributed by atoms with Gasteiger partial charge in [0.05, 0.1) is 13.2 Å². The lowest BCUT2D eigenvalue weighted by Crippen LogP contribution is -2.50. The number of hydrogen-bond donors (Lipinski definition) is 0. The zero-order valence-corrected chi connectivity index (χ0v) is 8.87. The van der Waals surface area contributed by atoms with Crippen LogP contribution >= 0.6 is 0 Å². The minimum Gasteiger partial charge on any atom is -0.379 e. The molecular weight excluding hydrogens is 178 g/mol. The lowest BCUT2D eigenvalue weighted by Gasteiger charge is -2.40. The zero-order valence-electron chi connectivity index (χ0n) is 8.87. The molecule has 14 heavy (non-hydrogen) atoms. The van der Waals surface area contributed by atoms with Gasteiger partial charge in [0.2, 0.25) is 0 Å². The molecule has 0 spiro atoms. The van der Waals surface area contributed by atoms with Crippen molar-refractivity contribution in [2.75, 3.05) is 19.8 Å². The van der Waals surface area contributed by atoms with E-state index in [1.165, 1.54) is 0 Å². The first-order chi connectivity index (χ1) is 6.77. The van der Waals surface area contributed by atoms with Crippen LogP contribution in [0.5, 0.6) is 0 Å². The average Bonchev–Trinajstić information content (AvgIpc) is 2.20. The van der Waals surface area contributed by atoms with Gasteiger partial charge >= 0.3 is 0 Å². The third kappa shape index (κ3) is 2.15. The summed E-state index contributed by atoms with van der Waals surface area (Å²) < 4.78 is 5.42. The van der Waals surface area contributed by atoms with Gasteiger partial charge in [0.25, 0.3) is 0 Å². The monoisotopic (exact) mass is 197 g/mol. The van der Waals surface area contributed by atoms with E-state index < -0.39 is 0 Å². The quantitative estimate of drug-likeness (QED) is 0.633. The number of ether oxygens (including phenoxy) is 1. The lowest BCUT2D eigenvalue weighted by molar-refractivity contribution is -0.122. The molecule has 0 aromatic carbocycles. The smallest absolute Gasteiger partial charge is 0.133 e. The molecule has 0 N–H and O–H groups in total. The number of nitrogens with zero attached hydrogens (tertiary/aromatic N) is 1. The molecule has 1 saturated heterocycles. The van der Waals surface area contributed by atoms with Crippen molar-refractivity contribution in [2.24, 2.45) is 0 Å². The number of hydrogen-bond acceptors (Lipinski definition) is 3. The van der Waals surface area contributed by atoms with E-state index in [1.54, 1.807) is 0 Å². The molecule has 0 bridgehead atoms. The van der Waals surface area contributed by atoms with Crippen LogP contribution in [0.4, 0.5) is 0 Å². The molecule has 3 nitrogen and oxygen atoms in total. The SMILES string of the molecule is C[C@@H]1COCCN1C1CCC(=O)CC1. The van der Waals surface area contributed by atoms with Crippen LogP contribution in [-0.2, 0) is 9.53 Å². The molecule has 3 heteroatoms. The van der Waals surface area contributed by atoms with Gasteiger partial charge < -0.3 is 4.74 Å². The van der Waals surface area contributed by atoms with E-state index in [0.29, 0.717) is 17.9 Å². The van der Waals surface area contributed by atoms with Crippen LogP contribution in [0, 0.1) is 0 Å². The Bertz CT molecular complexity index is 207. The number of morpholine rings is 1. The van der Waals surface area contributed by atoms with Crippen molar-refractivity contribution in [2.45, 2.75) is 44.7 Å². The van der Waals surface area contributed by atoms with E-state index in [4.69, 9.17) is 4.74 Å². The summed E-state index contributed by atoms with van der Waals surface area (Å²) >= 11 is 0. The summed E-state index contributed by atoms with van der Waals surface area (Å²) in [5.41, 5.74) is 0. The molecule has 2 fully saturated rings. The highest BCUT2D eigenvalue weighted by Gasteiger charge is 2.29. The van der Waals surface area contributed by atoms with Crippen molar-refractivity contribution < 1.29 is 9.53 Å². The topological polar surface area (TPSA) is 29.5 Å². The predicted octanol–water partition coefficient (Wildman–Crippen LogP) is 1.22. The maximum absolute atomic E-state index is 11.1. The second-order valence-corrected chi connectivity index (χ2v) is 4.43. The first-order valence-electron chi connectivity index (χ1n) is 5.62. The Morgan fingerprint density at radius 1 is 1.36 bits per heavy atom. The first kappa shape index (κ1) is 10.1. The summed E-state index contributed by atoms with van der Waals surface area (Å²) in [4.78, 5) is 13.7. The van der Waals surface area contributed by atoms with Crippen LogP contribution in [0.15, 0.2) is 0 Å². The highest BCUT2D eigenvalue weighted by atomic mass is 16.5. The van der Waals surface area contributed by atoms with Gasteiger partial charge in [0.15, 0.2) is 0 Å². The second-order valence-electron chi connectivity index (χ2n) is 4.43. The normalized spacial score (nSPS) is 32.1. The molecule has 2 rings (SSSR count). The van der Waals surface area contributed by atoms with Crippen molar-refractivity contribution in [1.29, 1.82) is 0 Å². The predicted molar refractivity (Wildman–Crippen MR) is 54.3 cm³/mol. The van der Waals surface area contributed by atoms with Gasteiger partial charge in [-0.25, -0.2) is 0 Å². The molecule has 0 unspecified atom stereocenters. The van der Waals surface area contributed by atoms with Crippen LogP contribution in [0.25, 0.3) is 0 Å². The molecule has 1 atom stereocenters. The molecular formula is C11H19NO2. The maximum atomic E-state index is 11.1. The molecule has 1 heterocycles. The Morgan fingerprint density at radius 3 is 2.71 bits per heavy atom. The van der Waals surface area contributed by atoms with Gasteiger partial charge in [0.1, 0.15) is 5.78 Å². The van der Waals surface area contributed by atoms with Gasteiger partial charge in [-0.05, 0) is 19.8 Å². The van der Waals surface area contributed by atoms with E-state index in [2.05, 4.69) is 11.8 Å². The Hall–Kier alpha value is -0.410. The summed E-state index contributed by atoms with van der Waals surface area (Å²) in [6.45, 7) is 4.97. The van der Waals surface area contributed by atoms with Crippen LogP contribution < -0.4 is 0 Å². The Balaban J connectivity index is 1.90. The largest absolute Gasteiger partial charge is 0.379 e. The van der Waals surface area contributed by atoms with E-state index in [0.717, 1.165) is 45.4 Å². The van der Waals surface area contributed by atoms with Gasteiger partial charge in [0, 0.05) is 31.5 Å². The molecule has 1 aliphatic carbocycles. The Morgan fingerprint density at radius 2 is 2.07 bits per heavy atom. The fourth-order valence-electron chi connectivity index (χ4n) is 2.54. The van der Waals surface area contributed by atoms with Crippen molar-refractivity contribution in [3.63, 3.8) is 0 Å². The molecule has 0 aromatic heterocycles. The number of Topliss-reactive ketones (excluding diaryl/α,β-unsaturated/α-hetero) is 1. The summed E-state index contributed by atoms with van der Waals surface area (Å²) in [5.74, 6) is 0.446. The van der Waals surface area contributed by atoms with E-state index in [9.17, 15) is 4.79 Å². The van der Waals surface area contributed by atoms with Crippen molar-refractivity contribution in [1.82, 2.24) is 4.90 Å². The summed E-state index contributed by atoms with van der Waals surface area (Å²) in [6, 6.07) is 1.16. The number of carbonyl (C=O) groups excluding carboxylic acids is 1. The van der Waals surface area contributed by atoms with E-state index >= 15 is 0 Å². The summed E-state index contributed by atoms with van der Waals surface area (Å²) in [6.07, 6.45) is 3.69. The number of rotatable bonds is 1. The van der Waals surface area contributed by atoms with Crippen LogP contribution in [0.2, 0.25) is 0 Å². The fraction of sp³-hybridized carbons (Fsp3) is 0.909. The molecule has 80 valence electrons. The number of carbonyl (C=O) groups is 1. The van der Waals surface area contributed by atoms with Crippen LogP contribution in [-0.4, -0.2) is 42.5 Å². The average molecular weight is 197 g/mol. The summed E-state index contributed by atoms with van der Waals surface area (Å²) in [7, 11) is 0. The standard InChI is InChI=1S/C11H19NO2/c1-9-8-14-7-6-12(9)10-2-4-11(13)5-3-10/h9-10H,2-8H2,1H3/t9-/m1/s1. The highest BCUT2D eigenvalue weighted by Crippen LogP contribution is 2.23. The molecule has 1 saturated carbocycles. The minimum atomic E-state index is 0.446. The van der Waals surface area contributed by atoms with Gasteiger partial charge in [-0.1, -0.05) is 0 Å². The van der Waals surface area contributed by atoms with Crippen LogP contribution in [0.1, 0.15) is 32.6 Å². The lowest BCUT2D eigenvalue weighted by atomic mass is 9.92. The third-order valence-corrected chi connectivity index (χ3v) is 3.40. The summed E-state index contributed by atoms with van der Waals surface area (Å²) in [5, 5.41) is 0. The maximum Gasteiger partial charge on any atom is 0.133 e. The number of ketones is 1. The zero-order chi connectivity index (χ0) is 9.97. The molecule has 0 radical (unpaired) electrons. The van der Waals surface area contributed by atoms with E-state index in [1.807, 2.05) is 0 Å². The van der Waals surface area contributed by atoms with Gasteiger partial charge in [-0.2, -0.15) is 0 Å². The van der Waals surface area contributed by atoms with Gasteiger partial charge in [-0.3, -0.25) is 9.69 Å². The Labute approximate surface area is 85.4 Å². The highest BCUT2D eigenvalue weighted by molar-refractivity contribution is 5.79. The minimum absolute atomic E-state index is 0.446. The van der Waals surface area contributed by atoms with Crippen molar-refractivity contribution >= 4 is 5.78 Å². The molecule has 1 aliphatic heterocycles. The van der Waals surface area contributed by atoms with E-state index in [-0.39, 0.29) is 0 Å². The molecule has 0 aromatic rings. The fourth-order valence-corrected chi connectivity index (χ4v) is 2.54. The van der Waals surface area contributed by atoms with Crippen molar-refractivity contribution in [3.8, 4) is 0 Å². The molecule has 0 amide bonds. The van der Waals surface area contributed by atoms with Crippen molar-refractivity contribution in [3.05, 3.63) is 0 Å². The third-order valence-electron chi connectivity index (χ3n) is 3.40. The molecule has 2 aliphatic rings. The van der Waals surface area contributed by atoms with Crippen LogP contribution in [0.3, 0.4) is 0 Å². The second kappa shape index (κ2) is 4.41. The first-order valence-corrected chi connectivity index (χ1v) is 5.62. The van der Waals surface area contributed by atoms with Gasteiger partial charge in [-0.15, -0.1) is 0 Å².